The van der Waals surface area contributed by atoms with Gasteiger partial charge in [-0.05, 0) is 25.8 Å². The zero-order chi connectivity index (χ0) is 12.3. The van der Waals surface area contributed by atoms with E-state index in [0.717, 1.165) is 11.9 Å². The lowest BCUT2D eigenvalue weighted by Gasteiger charge is -2.04. The Morgan fingerprint density at radius 3 is 3.12 bits per heavy atom. The van der Waals surface area contributed by atoms with Crippen molar-refractivity contribution in [2.45, 2.75) is 25.8 Å². The van der Waals surface area contributed by atoms with Gasteiger partial charge >= 0.3 is 5.97 Å². The maximum atomic E-state index is 13.0. The van der Waals surface area contributed by atoms with Crippen LogP contribution in [-0.2, 0) is 9.53 Å². The number of esters is 1. The normalized spacial score (nSPS) is 18.9. The molecule has 17 heavy (non-hydrogen) atoms. The Labute approximate surface area is 98.5 Å². The van der Waals surface area contributed by atoms with E-state index in [1.54, 1.807) is 13.1 Å². The predicted octanol–water partition coefficient (Wildman–Crippen LogP) is 1.74. The maximum absolute atomic E-state index is 13.0. The highest BCUT2D eigenvalue weighted by molar-refractivity contribution is 6.03. The number of pyridine rings is 1. The minimum Gasteiger partial charge on any atom is -0.464 e. The van der Waals surface area contributed by atoms with Crippen LogP contribution in [-0.4, -0.2) is 29.3 Å². The second kappa shape index (κ2) is 5.03. The Bertz CT molecular complexity index is 460. The molecule has 0 bridgehead atoms. The highest BCUT2D eigenvalue weighted by Crippen LogP contribution is 2.19. The first-order valence-electron chi connectivity index (χ1n) is 5.55. The summed E-state index contributed by atoms with van der Waals surface area (Å²) in [6.45, 7) is 2.11. The van der Waals surface area contributed by atoms with Crippen LogP contribution in [0.5, 0.6) is 0 Å². The van der Waals surface area contributed by atoms with Crippen molar-refractivity contribution in [3.63, 3.8) is 0 Å². The average Bonchev–Trinajstić information content (AvgIpc) is 2.78. The van der Waals surface area contributed by atoms with Gasteiger partial charge in [-0.1, -0.05) is 0 Å². The molecular weight excluding hydrogens is 223 g/mol. The zero-order valence-electron chi connectivity index (χ0n) is 9.52. The molecule has 2 heterocycles. The van der Waals surface area contributed by atoms with Crippen LogP contribution >= 0.6 is 0 Å². The summed E-state index contributed by atoms with van der Waals surface area (Å²) in [5, 5.41) is 0. The number of halogens is 1. The Kier molecular flexibility index (Phi) is 3.46. The Balaban J connectivity index is 2.14. The molecule has 1 aliphatic heterocycles. The number of carbonyl (C=O) groups excluding carboxylic acids is 1. The van der Waals surface area contributed by atoms with Crippen molar-refractivity contribution in [3.05, 3.63) is 29.8 Å². The molecule has 1 aliphatic rings. The molecule has 0 fully saturated rings. The standard InChI is InChI=1S/C12H13FN2O2/c1-2-17-12(16)11-4-3-10(15-11)8-5-9(13)7-14-6-8/h5-7,11H,2-4H2,1H3. The Hall–Kier alpha value is -1.78. The quantitative estimate of drug-likeness (QED) is 0.751. The molecule has 0 saturated carbocycles. The van der Waals surface area contributed by atoms with Gasteiger partial charge in [0.05, 0.1) is 12.8 Å². The molecule has 0 radical (unpaired) electrons. The lowest BCUT2D eigenvalue weighted by atomic mass is 10.1. The summed E-state index contributed by atoms with van der Waals surface area (Å²) in [6, 6.07) is 0.924. The lowest BCUT2D eigenvalue weighted by molar-refractivity contribution is -0.144. The van der Waals surface area contributed by atoms with E-state index in [4.69, 9.17) is 4.74 Å². The maximum Gasteiger partial charge on any atom is 0.330 e. The predicted molar refractivity (Wildman–Crippen MR) is 60.4 cm³/mol. The number of aliphatic imine (C=N–C) groups is 1. The number of rotatable bonds is 3. The second-order valence-electron chi connectivity index (χ2n) is 3.77. The van der Waals surface area contributed by atoms with Crippen molar-refractivity contribution in [2.24, 2.45) is 4.99 Å². The summed E-state index contributed by atoms with van der Waals surface area (Å²) in [5.41, 5.74) is 1.35. The van der Waals surface area contributed by atoms with Gasteiger partial charge in [0.1, 0.15) is 11.9 Å². The number of ether oxygens (including phenoxy) is 1. The van der Waals surface area contributed by atoms with Gasteiger partial charge in [-0.25, -0.2) is 9.18 Å². The number of aromatic nitrogens is 1. The molecule has 5 heteroatoms. The molecular formula is C12H13FN2O2. The molecule has 0 amide bonds. The summed E-state index contributed by atoms with van der Waals surface area (Å²) < 4.78 is 17.9. The lowest BCUT2D eigenvalue weighted by Crippen LogP contribution is -2.18. The van der Waals surface area contributed by atoms with Gasteiger partial charge in [-0.2, -0.15) is 0 Å². The minimum absolute atomic E-state index is 0.313. The Morgan fingerprint density at radius 2 is 2.41 bits per heavy atom. The molecule has 4 nitrogen and oxygen atoms in total. The van der Waals surface area contributed by atoms with Crippen LogP contribution in [0.15, 0.2) is 23.5 Å². The summed E-state index contributed by atoms with van der Waals surface area (Å²) in [6.07, 6.45) is 3.95. The van der Waals surface area contributed by atoms with Crippen molar-refractivity contribution in [1.29, 1.82) is 0 Å². The van der Waals surface area contributed by atoms with Crippen molar-refractivity contribution in [2.75, 3.05) is 6.61 Å². The highest BCUT2D eigenvalue weighted by Gasteiger charge is 2.26. The van der Waals surface area contributed by atoms with Gasteiger partial charge in [0.15, 0.2) is 0 Å². The molecule has 1 aromatic heterocycles. The summed E-state index contributed by atoms with van der Waals surface area (Å²) in [7, 11) is 0. The fourth-order valence-corrected chi connectivity index (χ4v) is 1.79. The van der Waals surface area contributed by atoms with Crippen LogP contribution < -0.4 is 0 Å². The van der Waals surface area contributed by atoms with E-state index in [1.165, 1.54) is 6.07 Å². The van der Waals surface area contributed by atoms with Crippen LogP contribution in [0.25, 0.3) is 0 Å². The number of carbonyl (C=O) groups is 1. The van der Waals surface area contributed by atoms with E-state index < -0.39 is 11.9 Å². The van der Waals surface area contributed by atoms with Crippen LogP contribution in [0.2, 0.25) is 0 Å². The van der Waals surface area contributed by atoms with E-state index in [-0.39, 0.29) is 5.97 Å². The summed E-state index contributed by atoms with van der Waals surface area (Å²) in [5.74, 6) is -0.711. The van der Waals surface area contributed by atoms with E-state index >= 15 is 0 Å². The van der Waals surface area contributed by atoms with Gasteiger partial charge in [-0.15, -0.1) is 0 Å². The third kappa shape index (κ3) is 2.67. The molecule has 0 saturated heterocycles. The van der Waals surface area contributed by atoms with Gasteiger partial charge < -0.3 is 4.74 Å². The molecule has 0 aromatic carbocycles. The molecule has 1 atom stereocenters. The van der Waals surface area contributed by atoms with Crippen LogP contribution in [0.3, 0.4) is 0 Å². The van der Waals surface area contributed by atoms with E-state index in [2.05, 4.69) is 9.98 Å². The molecule has 2 rings (SSSR count). The largest absolute Gasteiger partial charge is 0.464 e. The number of nitrogens with zero attached hydrogens (tertiary/aromatic N) is 2. The number of hydrogen-bond donors (Lipinski definition) is 0. The fraction of sp³-hybridized carbons (Fsp3) is 0.417. The van der Waals surface area contributed by atoms with Crippen molar-refractivity contribution >= 4 is 11.7 Å². The SMILES string of the molecule is CCOC(=O)C1CCC(c2cncc(F)c2)=N1. The molecule has 0 N–H and O–H groups in total. The number of hydrogen-bond acceptors (Lipinski definition) is 4. The smallest absolute Gasteiger partial charge is 0.330 e. The topological polar surface area (TPSA) is 51.5 Å². The van der Waals surface area contributed by atoms with E-state index in [0.29, 0.717) is 25.0 Å². The van der Waals surface area contributed by atoms with Gasteiger partial charge in [0, 0.05) is 17.5 Å². The fourth-order valence-electron chi connectivity index (χ4n) is 1.79. The van der Waals surface area contributed by atoms with Crippen molar-refractivity contribution < 1.29 is 13.9 Å². The van der Waals surface area contributed by atoms with E-state index in [9.17, 15) is 9.18 Å². The minimum atomic E-state index is -0.451. The third-order valence-electron chi connectivity index (χ3n) is 2.56. The van der Waals surface area contributed by atoms with Crippen molar-refractivity contribution in [3.8, 4) is 0 Å². The zero-order valence-corrected chi connectivity index (χ0v) is 9.52. The van der Waals surface area contributed by atoms with E-state index in [1.807, 2.05) is 0 Å². The molecule has 90 valence electrons. The van der Waals surface area contributed by atoms with Crippen LogP contribution in [0.4, 0.5) is 4.39 Å². The van der Waals surface area contributed by atoms with Gasteiger partial charge in [0.25, 0.3) is 0 Å². The average molecular weight is 236 g/mol. The molecule has 0 spiro atoms. The van der Waals surface area contributed by atoms with Gasteiger partial charge in [-0.3, -0.25) is 9.98 Å². The summed E-state index contributed by atoms with van der Waals surface area (Å²) in [4.78, 5) is 19.5. The molecule has 1 aromatic rings. The molecule has 0 aliphatic carbocycles. The summed E-state index contributed by atoms with van der Waals surface area (Å²) >= 11 is 0. The third-order valence-corrected chi connectivity index (χ3v) is 2.56. The first-order valence-corrected chi connectivity index (χ1v) is 5.55. The first-order chi connectivity index (χ1) is 8.20. The van der Waals surface area contributed by atoms with Crippen LogP contribution in [0.1, 0.15) is 25.3 Å². The van der Waals surface area contributed by atoms with Gasteiger partial charge in [0.2, 0.25) is 0 Å². The first kappa shape index (κ1) is 11.7. The van der Waals surface area contributed by atoms with Crippen LogP contribution in [0, 0.1) is 5.82 Å². The highest BCUT2D eigenvalue weighted by atomic mass is 19.1. The Morgan fingerprint density at radius 1 is 1.59 bits per heavy atom. The monoisotopic (exact) mass is 236 g/mol. The second-order valence-corrected chi connectivity index (χ2v) is 3.77. The van der Waals surface area contributed by atoms with Crippen molar-refractivity contribution in [1.82, 2.24) is 4.98 Å². The molecule has 1 unspecified atom stereocenters.